The summed E-state index contributed by atoms with van der Waals surface area (Å²) in [4.78, 5) is 21.8. The molecule has 0 saturated heterocycles. The van der Waals surface area contributed by atoms with Crippen molar-refractivity contribution in [3.05, 3.63) is 138 Å². The summed E-state index contributed by atoms with van der Waals surface area (Å²) in [7, 11) is 0. The molecule has 4 heterocycles. The summed E-state index contributed by atoms with van der Waals surface area (Å²) in [6.45, 7) is 0. The summed E-state index contributed by atoms with van der Waals surface area (Å²) < 4.78 is 14.0. The summed E-state index contributed by atoms with van der Waals surface area (Å²) in [5, 5.41) is 4.21. The molecule has 9 rings (SSSR count). The van der Waals surface area contributed by atoms with E-state index in [1.807, 2.05) is 91.0 Å². The van der Waals surface area contributed by atoms with E-state index < -0.39 is 0 Å². The molecular weight excluding hydrogens is 534 g/mol. The first-order chi connectivity index (χ1) is 21.2. The summed E-state index contributed by atoms with van der Waals surface area (Å²) in [5.41, 5.74) is 8.39. The van der Waals surface area contributed by atoms with E-state index in [0.29, 0.717) is 11.5 Å². The molecule has 0 radical (unpaired) electrons. The molecule has 6 nitrogen and oxygen atoms in total. The highest BCUT2D eigenvalue weighted by Gasteiger charge is 2.17. The highest BCUT2D eigenvalue weighted by molar-refractivity contribution is 6.16. The molecule has 0 unspecified atom stereocenters. The number of rotatable bonds is 3. The molecule has 0 saturated carbocycles. The van der Waals surface area contributed by atoms with Crippen molar-refractivity contribution in [2.45, 2.75) is 0 Å². The molecule has 0 bridgehead atoms. The van der Waals surface area contributed by atoms with Crippen LogP contribution in [0.4, 0.5) is 0 Å². The van der Waals surface area contributed by atoms with Crippen molar-refractivity contribution in [3.8, 4) is 33.6 Å². The summed E-state index contributed by atoms with van der Waals surface area (Å²) in [6, 6.07) is 40.1. The highest BCUT2D eigenvalue weighted by Crippen LogP contribution is 2.41. The molecule has 0 aliphatic carbocycles. The first-order valence-corrected chi connectivity index (χ1v) is 14.0. The van der Waals surface area contributed by atoms with E-state index >= 15 is 0 Å². The average Bonchev–Trinajstić information content (AvgIpc) is 3.63. The van der Waals surface area contributed by atoms with Gasteiger partial charge >= 0.3 is 5.69 Å². The van der Waals surface area contributed by atoms with Crippen LogP contribution < -0.4 is 5.69 Å². The van der Waals surface area contributed by atoms with E-state index in [-0.39, 0.29) is 5.69 Å². The van der Waals surface area contributed by atoms with Gasteiger partial charge in [0.05, 0.1) is 0 Å². The smallest absolute Gasteiger partial charge is 0.355 e. The molecule has 0 aliphatic rings. The lowest BCUT2D eigenvalue weighted by molar-refractivity contribution is 0.669. The fourth-order valence-electron chi connectivity index (χ4n) is 6.15. The van der Waals surface area contributed by atoms with E-state index in [9.17, 15) is 4.79 Å². The number of furan rings is 2. The first kappa shape index (κ1) is 23.7. The number of pyridine rings is 1. The Labute approximate surface area is 244 Å². The minimum Gasteiger partial charge on any atom is -0.456 e. The van der Waals surface area contributed by atoms with Crippen LogP contribution in [0, 0.1) is 0 Å². The number of para-hydroxylation sites is 1. The van der Waals surface area contributed by atoms with Crippen molar-refractivity contribution in [2.24, 2.45) is 0 Å². The summed E-state index contributed by atoms with van der Waals surface area (Å²) >= 11 is 0. The van der Waals surface area contributed by atoms with Gasteiger partial charge < -0.3 is 8.83 Å². The van der Waals surface area contributed by atoms with Gasteiger partial charge in [0.2, 0.25) is 0 Å². The Hall–Kier alpha value is -6.01. The number of benzene rings is 5. The lowest BCUT2D eigenvalue weighted by Crippen LogP contribution is -2.19. The van der Waals surface area contributed by atoms with Crippen LogP contribution in [0.5, 0.6) is 0 Å². The molecule has 0 fully saturated rings. The van der Waals surface area contributed by atoms with Crippen molar-refractivity contribution in [2.75, 3.05) is 0 Å². The van der Waals surface area contributed by atoms with E-state index in [4.69, 9.17) is 13.8 Å². The molecule has 43 heavy (non-hydrogen) atoms. The van der Waals surface area contributed by atoms with Gasteiger partial charge in [-0.2, -0.15) is 4.98 Å². The Morgan fingerprint density at radius 1 is 0.512 bits per heavy atom. The van der Waals surface area contributed by atoms with Crippen molar-refractivity contribution in [1.82, 2.24) is 14.4 Å². The molecule has 0 spiro atoms. The zero-order chi connectivity index (χ0) is 28.5. The number of nitrogens with zero attached hydrogens (tertiary/aromatic N) is 3. The number of aromatic nitrogens is 3. The van der Waals surface area contributed by atoms with Gasteiger partial charge in [0, 0.05) is 33.3 Å². The molecular formula is C37H21N3O3. The maximum absolute atomic E-state index is 12.9. The maximum atomic E-state index is 12.9. The second-order valence-electron chi connectivity index (χ2n) is 10.6. The normalized spacial score (nSPS) is 11.8. The van der Waals surface area contributed by atoms with Crippen LogP contribution in [0.2, 0.25) is 0 Å². The largest absolute Gasteiger partial charge is 0.456 e. The quantitative estimate of drug-likeness (QED) is 0.218. The Balaban J connectivity index is 1.26. The second-order valence-corrected chi connectivity index (χ2v) is 10.6. The lowest BCUT2D eigenvalue weighted by atomic mass is 9.96. The van der Waals surface area contributed by atoms with Crippen molar-refractivity contribution in [3.63, 3.8) is 0 Å². The monoisotopic (exact) mass is 555 g/mol. The zero-order valence-electron chi connectivity index (χ0n) is 22.7. The number of hydrogen-bond acceptors (Lipinski definition) is 5. The van der Waals surface area contributed by atoms with Crippen molar-refractivity contribution in [1.29, 1.82) is 0 Å². The van der Waals surface area contributed by atoms with Crippen LogP contribution in [0.1, 0.15) is 0 Å². The average molecular weight is 556 g/mol. The molecule has 202 valence electrons. The fraction of sp³-hybridized carbons (Fsp3) is 0. The van der Waals surface area contributed by atoms with E-state index in [0.717, 1.165) is 71.7 Å². The van der Waals surface area contributed by atoms with Gasteiger partial charge in [-0.05, 0) is 64.7 Å². The fourth-order valence-corrected chi connectivity index (χ4v) is 6.15. The standard InChI is InChI=1S/C37H21N3O3/c41-37-39-36(22-8-2-1-3-9-22)38-33-21-24(18-19-40(33)37)26-12-7-15-32-35(26)28-20-23(16-17-30(28)43-32)25-11-6-14-31-34(25)27-10-4-5-13-29(27)42-31/h1-21H. The summed E-state index contributed by atoms with van der Waals surface area (Å²) in [6.07, 6.45) is 1.74. The van der Waals surface area contributed by atoms with Crippen molar-refractivity contribution >= 4 is 49.5 Å². The van der Waals surface area contributed by atoms with E-state index in [2.05, 4.69) is 35.3 Å². The Morgan fingerprint density at radius 2 is 1.16 bits per heavy atom. The third-order valence-electron chi connectivity index (χ3n) is 8.11. The van der Waals surface area contributed by atoms with Gasteiger partial charge in [-0.25, -0.2) is 9.78 Å². The molecule has 0 amide bonds. The molecule has 6 heteroatoms. The molecule has 9 aromatic rings. The second kappa shape index (κ2) is 8.99. The first-order valence-electron chi connectivity index (χ1n) is 14.0. The van der Waals surface area contributed by atoms with Crippen LogP contribution in [-0.4, -0.2) is 14.4 Å². The van der Waals surface area contributed by atoms with Crippen LogP contribution >= 0.6 is 0 Å². The Kier molecular flexibility index (Phi) is 4.95. The van der Waals surface area contributed by atoms with Gasteiger partial charge in [-0.3, -0.25) is 4.40 Å². The van der Waals surface area contributed by atoms with Crippen LogP contribution in [0.3, 0.4) is 0 Å². The van der Waals surface area contributed by atoms with E-state index in [1.54, 1.807) is 6.20 Å². The van der Waals surface area contributed by atoms with Gasteiger partial charge in [0.1, 0.15) is 28.0 Å². The predicted molar refractivity (Wildman–Crippen MR) is 170 cm³/mol. The highest BCUT2D eigenvalue weighted by atomic mass is 16.3. The molecule has 0 atom stereocenters. The zero-order valence-corrected chi connectivity index (χ0v) is 22.7. The third kappa shape index (κ3) is 3.63. The summed E-state index contributed by atoms with van der Waals surface area (Å²) in [5.74, 6) is 0.403. The SMILES string of the molecule is O=c1nc(-c2ccccc2)nc2cc(-c3cccc4oc5ccc(-c6cccc7oc8ccccc8c67)cc5c34)ccn12. The van der Waals surface area contributed by atoms with E-state index in [1.165, 1.54) is 4.40 Å². The van der Waals surface area contributed by atoms with Crippen molar-refractivity contribution < 1.29 is 8.83 Å². The van der Waals surface area contributed by atoms with Gasteiger partial charge in [0.15, 0.2) is 5.82 Å². The maximum Gasteiger partial charge on any atom is 0.355 e. The predicted octanol–water partition coefficient (Wildman–Crippen LogP) is 8.89. The number of fused-ring (bicyclic) bond motifs is 7. The number of hydrogen-bond donors (Lipinski definition) is 0. The molecule has 0 aliphatic heterocycles. The topological polar surface area (TPSA) is 73.5 Å². The van der Waals surface area contributed by atoms with Crippen LogP contribution in [0.25, 0.3) is 83.2 Å². The third-order valence-corrected chi connectivity index (χ3v) is 8.11. The van der Waals surface area contributed by atoms with Gasteiger partial charge in [-0.1, -0.05) is 78.9 Å². The Morgan fingerprint density at radius 3 is 1.95 bits per heavy atom. The van der Waals surface area contributed by atoms with Gasteiger partial charge in [0.25, 0.3) is 0 Å². The van der Waals surface area contributed by atoms with Crippen LogP contribution in [-0.2, 0) is 0 Å². The van der Waals surface area contributed by atoms with Gasteiger partial charge in [-0.15, -0.1) is 0 Å². The molecule has 0 N–H and O–H groups in total. The molecule has 4 aromatic heterocycles. The minimum atomic E-state index is -0.368. The lowest BCUT2D eigenvalue weighted by Gasteiger charge is -2.08. The molecule has 5 aromatic carbocycles. The minimum absolute atomic E-state index is 0.368. The van der Waals surface area contributed by atoms with Crippen LogP contribution in [0.15, 0.2) is 141 Å². The Bertz CT molecular complexity index is 2590.